The molecule has 8 heteroatoms. The number of carbonyl (C=O) groups excluding carboxylic acids is 2. The molecule has 226 valence electrons. The Morgan fingerprint density at radius 2 is 1.85 bits per heavy atom. The molecule has 1 amide bonds. The lowest BCUT2D eigenvalue weighted by Gasteiger charge is -2.30. The molecule has 1 heterocycles. The number of hydrogen-bond acceptors (Lipinski definition) is 7. The maximum absolute atomic E-state index is 12.5. The number of nitrogens with one attached hydrogen (secondary N) is 1. The Morgan fingerprint density at radius 1 is 1.18 bits per heavy atom. The van der Waals surface area contributed by atoms with Crippen LogP contribution in [0.5, 0.6) is 0 Å². The summed E-state index contributed by atoms with van der Waals surface area (Å²) in [5.41, 5.74) is -0.604. The fraction of sp³-hybridized carbons (Fsp3) is 0.742. The molecule has 39 heavy (non-hydrogen) atoms. The van der Waals surface area contributed by atoms with Crippen LogP contribution in [0.15, 0.2) is 36.3 Å². The van der Waals surface area contributed by atoms with Gasteiger partial charge in [0, 0.05) is 26.6 Å². The third kappa shape index (κ3) is 17.0. The van der Waals surface area contributed by atoms with E-state index in [1.165, 1.54) is 6.42 Å². The van der Waals surface area contributed by atoms with Crippen molar-refractivity contribution < 1.29 is 33.3 Å². The van der Waals surface area contributed by atoms with Gasteiger partial charge in [-0.3, -0.25) is 4.79 Å². The Bertz CT molecular complexity index is 767. The Hall–Kier alpha value is -2.48. The van der Waals surface area contributed by atoms with Crippen molar-refractivity contribution in [1.82, 2.24) is 5.32 Å². The van der Waals surface area contributed by atoms with Gasteiger partial charge in [-0.05, 0) is 70.4 Å². The van der Waals surface area contributed by atoms with Gasteiger partial charge in [0.2, 0.25) is 0 Å². The summed E-state index contributed by atoms with van der Waals surface area (Å²) in [7, 11) is 3.27. The van der Waals surface area contributed by atoms with Crippen LogP contribution < -0.4 is 5.32 Å². The minimum absolute atomic E-state index is 0.221. The fourth-order valence-corrected chi connectivity index (χ4v) is 4.01. The number of amides is 1. The highest BCUT2D eigenvalue weighted by molar-refractivity contribution is 5.72. The van der Waals surface area contributed by atoms with Gasteiger partial charge >= 0.3 is 12.1 Å². The van der Waals surface area contributed by atoms with Crippen molar-refractivity contribution in [3.05, 3.63) is 36.3 Å². The molecule has 1 aliphatic rings. The number of alkyl carbamates (subject to hydrolysis) is 1. The van der Waals surface area contributed by atoms with Gasteiger partial charge in [0.1, 0.15) is 11.7 Å². The summed E-state index contributed by atoms with van der Waals surface area (Å²) in [6.45, 7) is 19.0. The molecule has 3 unspecified atom stereocenters. The average molecular weight is 554 g/mol. The van der Waals surface area contributed by atoms with Gasteiger partial charge in [-0.2, -0.15) is 0 Å². The van der Waals surface area contributed by atoms with Crippen LogP contribution in [-0.4, -0.2) is 57.2 Å². The molecule has 3 atom stereocenters. The van der Waals surface area contributed by atoms with Gasteiger partial charge in [0.15, 0.2) is 11.5 Å². The third-order valence-electron chi connectivity index (χ3n) is 5.94. The molecule has 0 aliphatic carbocycles. The third-order valence-corrected chi connectivity index (χ3v) is 5.94. The van der Waals surface area contributed by atoms with Crippen LogP contribution in [0, 0.1) is 11.8 Å². The summed E-state index contributed by atoms with van der Waals surface area (Å²) < 4.78 is 27.3. The molecule has 0 bridgehead atoms. The van der Waals surface area contributed by atoms with Gasteiger partial charge in [-0.1, -0.05) is 46.8 Å². The molecular formula is C31H55NO7. The minimum atomic E-state index is -0.604. The van der Waals surface area contributed by atoms with E-state index in [0.717, 1.165) is 19.3 Å². The highest BCUT2D eigenvalue weighted by Crippen LogP contribution is 2.28. The molecule has 0 saturated carbocycles. The van der Waals surface area contributed by atoms with Gasteiger partial charge in [-0.15, -0.1) is 0 Å². The standard InChI is InChI=1S/C28H47NO7.C3H8/c1-9-23(34-18-12-17-32-7)25(33-8)14-11-10-13-21(20(2)3)19-22(24-15-16-26(30)35-24)29-27(31)36-28(4,5)6;1-3-2/h9,11,14,20-22,24H,1,10,12-13,15-19H2,2-8H3,(H,29,31);3H2,1-2H3/b14-11-,25-23-;. The average Bonchev–Trinajstić information content (AvgIpc) is 3.28. The van der Waals surface area contributed by atoms with E-state index in [2.05, 4.69) is 45.7 Å². The second-order valence-corrected chi connectivity index (χ2v) is 11.1. The number of hydrogen-bond donors (Lipinski definition) is 1. The zero-order chi connectivity index (χ0) is 29.8. The van der Waals surface area contributed by atoms with Crippen molar-refractivity contribution in [1.29, 1.82) is 0 Å². The van der Waals surface area contributed by atoms with E-state index in [4.69, 9.17) is 23.7 Å². The summed E-state index contributed by atoms with van der Waals surface area (Å²) in [5, 5.41) is 2.97. The minimum Gasteiger partial charge on any atom is -0.493 e. The lowest BCUT2D eigenvalue weighted by molar-refractivity contribution is -0.142. The molecular weight excluding hydrogens is 498 g/mol. The van der Waals surface area contributed by atoms with E-state index < -0.39 is 11.7 Å². The summed E-state index contributed by atoms with van der Waals surface area (Å²) in [6, 6.07) is -0.301. The number of cyclic esters (lactones) is 1. The molecule has 0 aromatic carbocycles. The summed E-state index contributed by atoms with van der Waals surface area (Å²) in [4.78, 5) is 24.3. The van der Waals surface area contributed by atoms with Crippen LogP contribution in [0.25, 0.3) is 0 Å². The van der Waals surface area contributed by atoms with Gasteiger partial charge in [0.25, 0.3) is 0 Å². The molecule has 1 rings (SSSR count). The monoisotopic (exact) mass is 553 g/mol. The highest BCUT2D eigenvalue weighted by atomic mass is 16.6. The number of carbonyl (C=O) groups is 2. The summed E-state index contributed by atoms with van der Waals surface area (Å²) in [5.74, 6) is 1.67. The maximum atomic E-state index is 12.5. The lowest BCUT2D eigenvalue weighted by atomic mass is 9.84. The van der Waals surface area contributed by atoms with Crippen molar-refractivity contribution in [2.24, 2.45) is 11.8 Å². The molecule has 1 N–H and O–H groups in total. The van der Waals surface area contributed by atoms with E-state index in [1.807, 2.05) is 26.8 Å². The Morgan fingerprint density at radius 3 is 2.33 bits per heavy atom. The van der Waals surface area contributed by atoms with E-state index in [1.54, 1.807) is 20.3 Å². The summed E-state index contributed by atoms with van der Waals surface area (Å²) >= 11 is 0. The van der Waals surface area contributed by atoms with Crippen molar-refractivity contribution in [2.75, 3.05) is 27.4 Å². The summed E-state index contributed by atoms with van der Waals surface area (Å²) in [6.07, 6.45) is 10.2. The molecule has 0 aromatic heterocycles. The van der Waals surface area contributed by atoms with Gasteiger partial charge in [-0.25, -0.2) is 4.79 Å². The SMILES string of the molecule is C=C/C(OCCCOC)=C(\C=C/CCC(CC(NC(=O)OC(C)(C)C)C1CCC(=O)O1)C(C)C)OC.CCC. The van der Waals surface area contributed by atoms with Gasteiger partial charge in [0.05, 0.1) is 19.8 Å². The number of ether oxygens (including phenoxy) is 5. The van der Waals surface area contributed by atoms with Crippen molar-refractivity contribution in [3.63, 3.8) is 0 Å². The molecule has 8 nitrogen and oxygen atoms in total. The van der Waals surface area contributed by atoms with E-state index in [-0.39, 0.29) is 18.1 Å². The zero-order valence-electron chi connectivity index (χ0n) is 26.0. The first-order valence-corrected chi connectivity index (χ1v) is 14.3. The van der Waals surface area contributed by atoms with Gasteiger partial charge < -0.3 is 29.0 Å². The zero-order valence-corrected chi connectivity index (χ0v) is 26.0. The van der Waals surface area contributed by atoms with Crippen LogP contribution in [0.4, 0.5) is 4.79 Å². The predicted octanol–water partition coefficient (Wildman–Crippen LogP) is 7.10. The first-order valence-electron chi connectivity index (χ1n) is 14.3. The van der Waals surface area contributed by atoms with Crippen LogP contribution in [0.2, 0.25) is 0 Å². The van der Waals surface area contributed by atoms with Crippen LogP contribution in [0.1, 0.15) is 93.4 Å². The van der Waals surface area contributed by atoms with Crippen molar-refractivity contribution in [2.45, 2.75) is 111 Å². The van der Waals surface area contributed by atoms with E-state index in [0.29, 0.717) is 55.8 Å². The first-order chi connectivity index (χ1) is 18.4. The Balaban J connectivity index is 0.00000458. The normalized spacial score (nSPS) is 17.5. The Kier molecular flexibility index (Phi) is 19.1. The number of esters is 1. The second kappa shape index (κ2) is 20.4. The quantitative estimate of drug-likeness (QED) is 0.0943. The highest BCUT2D eigenvalue weighted by Gasteiger charge is 2.35. The van der Waals surface area contributed by atoms with E-state index >= 15 is 0 Å². The second-order valence-electron chi connectivity index (χ2n) is 11.1. The van der Waals surface area contributed by atoms with E-state index in [9.17, 15) is 9.59 Å². The topological polar surface area (TPSA) is 92.3 Å². The molecule has 1 fully saturated rings. The molecule has 1 aliphatic heterocycles. The Labute approximate surface area is 237 Å². The van der Waals surface area contributed by atoms with Crippen LogP contribution >= 0.6 is 0 Å². The molecule has 1 saturated heterocycles. The van der Waals surface area contributed by atoms with Crippen LogP contribution in [-0.2, 0) is 28.5 Å². The smallest absolute Gasteiger partial charge is 0.408 e. The van der Waals surface area contributed by atoms with Crippen molar-refractivity contribution >= 4 is 12.1 Å². The number of rotatable bonds is 16. The lowest BCUT2D eigenvalue weighted by Crippen LogP contribution is -2.46. The number of methoxy groups -OCH3 is 2. The first kappa shape index (κ1) is 36.5. The molecule has 0 radical (unpaired) electrons. The molecule has 0 aromatic rings. The predicted molar refractivity (Wildman–Crippen MR) is 156 cm³/mol. The van der Waals surface area contributed by atoms with Crippen molar-refractivity contribution in [3.8, 4) is 0 Å². The maximum Gasteiger partial charge on any atom is 0.408 e. The largest absolute Gasteiger partial charge is 0.493 e. The fourth-order valence-electron chi connectivity index (χ4n) is 4.01. The molecule has 0 spiro atoms. The number of allylic oxidation sites excluding steroid dienone is 3. The van der Waals surface area contributed by atoms with Crippen LogP contribution in [0.3, 0.4) is 0 Å².